The number of benzene rings is 2. The number of hydrogen-bond acceptors (Lipinski definition) is 6. The van der Waals surface area contributed by atoms with Crippen molar-refractivity contribution in [3.8, 4) is 11.5 Å². The Morgan fingerprint density at radius 3 is 2.24 bits per heavy atom. The van der Waals surface area contributed by atoms with Crippen LogP contribution in [0.15, 0.2) is 47.4 Å². The maximum Gasteiger partial charge on any atom is 0.263 e. The standard InChI is InChI=1S/C25H31FN2O5S/c1-25(2,33-22-12-5-16(26)13-23(22)32-3)24(29)27-17-14-19-6-7-20(15-17)28(19)18-8-10-21(11-9-18)34(4,30)31/h5,8-13,17,19-20H,6-7,14-15H2,1-4H3,(H,27,29)/t17?,19-,20+. The molecule has 0 spiro atoms. The number of nitrogens with zero attached hydrogens (tertiary/aromatic N) is 1. The van der Waals surface area contributed by atoms with Gasteiger partial charge in [-0.3, -0.25) is 4.79 Å². The van der Waals surface area contributed by atoms with Crippen LogP contribution in [0.5, 0.6) is 11.5 Å². The van der Waals surface area contributed by atoms with E-state index in [1.54, 1.807) is 26.0 Å². The van der Waals surface area contributed by atoms with E-state index < -0.39 is 21.3 Å². The molecule has 2 aliphatic heterocycles. The van der Waals surface area contributed by atoms with Gasteiger partial charge in [-0.2, -0.15) is 0 Å². The third-order valence-electron chi connectivity index (χ3n) is 6.67. The molecule has 2 heterocycles. The Hall–Kier alpha value is -2.81. The van der Waals surface area contributed by atoms with Crippen LogP contribution in [0.3, 0.4) is 0 Å². The Labute approximate surface area is 200 Å². The number of methoxy groups -OCH3 is 1. The van der Waals surface area contributed by atoms with Gasteiger partial charge in [-0.05, 0) is 75.9 Å². The Balaban J connectivity index is 1.41. The van der Waals surface area contributed by atoms with Gasteiger partial charge in [0.2, 0.25) is 0 Å². The lowest BCUT2D eigenvalue weighted by Gasteiger charge is -2.41. The number of sulfone groups is 1. The Morgan fingerprint density at radius 2 is 1.68 bits per heavy atom. The molecule has 2 aromatic rings. The number of piperidine rings is 1. The average molecular weight is 491 g/mol. The SMILES string of the molecule is COc1cc(F)ccc1OC(C)(C)C(=O)NC1C[C@H]2CC[C@@H](C1)N2c1ccc(S(C)(=O)=O)cc1. The summed E-state index contributed by atoms with van der Waals surface area (Å²) in [7, 11) is -1.81. The largest absolute Gasteiger partial charge is 0.493 e. The molecule has 0 saturated carbocycles. The number of amides is 1. The van der Waals surface area contributed by atoms with Crippen molar-refractivity contribution in [3.05, 3.63) is 48.3 Å². The zero-order chi connectivity index (χ0) is 24.7. The van der Waals surface area contributed by atoms with Crippen molar-refractivity contribution >= 4 is 21.4 Å². The molecule has 2 aliphatic rings. The Morgan fingerprint density at radius 1 is 1.06 bits per heavy atom. The quantitative estimate of drug-likeness (QED) is 0.637. The third kappa shape index (κ3) is 4.99. The summed E-state index contributed by atoms with van der Waals surface area (Å²) in [4.78, 5) is 15.8. The zero-order valence-corrected chi connectivity index (χ0v) is 20.7. The van der Waals surface area contributed by atoms with Crippen molar-refractivity contribution < 1.29 is 27.1 Å². The molecule has 2 fully saturated rings. The van der Waals surface area contributed by atoms with Gasteiger partial charge in [0.1, 0.15) is 5.82 Å². The Bertz CT molecular complexity index is 1150. The molecular formula is C25H31FN2O5S. The van der Waals surface area contributed by atoms with Crippen LogP contribution in [0.25, 0.3) is 0 Å². The predicted molar refractivity (Wildman–Crippen MR) is 128 cm³/mol. The van der Waals surface area contributed by atoms with Gasteiger partial charge in [0, 0.05) is 36.1 Å². The van der Waals surface area contributed by atoms with E-state index in [1.165, 1.54) is 31.6 Å². The van der Waals surface area contributed by atoms with Crippen LogP contribution in [0.2, 0.25) is 0 Å². The first-order chi connectivity index (χ1) is 16.0. The lowest BCUT2D eigenvalue weighted by Crippen LogP contribution is -2.55. The molecule has 2 aromatic carbocycles. The van der Waals surface area contributed by atoms with Crippen LogP contribution in [0.4, 0.5) is 10.1 Å². The predicted octanol–water partition coefficient (Wildman–Crippen LogP) is 3.71. The molecule has 9 heteroatoms. The summed E-state index contributed by atoms with van der Waals surface area (Å²) in [6.45, 7) is 3.36. The molecule has 0 radical (unpaired) electrons. The number of carbonyl (C=O) groups is 1. The smallest absolute Gasteiger partial charge is 0.263 e. The number of ether oxygens (including phenoxy) is 2. The molecule has 0 aromatic heterocycles. The first-order valence-corrected chi connectivity index (χ1v) is 13.3. The van der Waals surface area contributed by atoms with E-state index in [1.807, 2.05) is 12.1 Å². The highest BCUT2D eigenvalue weighted by Crippen LogP contribution is 2.40. The van der Waals surface area contributed by atoms with E-state index in [0.29, 0.717) is 10.6 Å². The highest BCUT2D eigenvalue weighted by Gasteiger charge is 2.42. The average Bonchev–Trinajstić information content (AvgIpc) is 3.04. The van der Waals surface area contributed by atoms with E-state index in [4.69, 9.17) is 9.47 Å². The summed E-state index contributed by atoms with van der Waals surface area (Å²) in [6, 6.07) is 11.5. The third-order valence-corrected chi connectivity index (χ3v) is 7.80. The summed E-state index contributed by atoms with van der Waals surface area (Å²) in [6.07, 6.45) is 4.85. The van der Waals surface area contributed by atoms with Gasteiger partial charge < -0.3 is 19.7 Å². The normalized spacial score (nSPS) is 22.4. The van der Waals surface area contributed by atoms with Crippen LogP contribution < -0.4 is 19.7 Å². The number of rotatable bonds is 7. The molecule has 7 nitrogen and oxygen atoms in total. The number of halogens is 1. The number of carbonyl (C=O) groups excluding carboxylic acids is 1. The number of fused-ring (bicyclic) bond motifs is 2. The molecule has 2 bridgehead atoms. The molecule has 184 valence electrons. The fraction of sp³-hybridized carbons (Fsp3) is 0.480. The molecule has 3 atom stereocenters. The van der Waals surface area contributed by atoms with Crippen molar-refractivity contribution in [1.82, 2.24) is 5.32 Å². The summed E-state index contributed by atoms with van der Waals surface area (Å²) in [5.74, 6) is -0.153. The van der Waals surface area contributed by atoms with Gasteiger partial charge in [-0.1, -0.05) is 0 Å². The summed E-state index contributed by atoms with van der Waals surface area (Å²) >= 11 is 0. The number of anilines is 1. The van der Waals surface area contributed by atoms with E-state index in [-0.39, 0.29) is 29.8 Å². The van der Waals surface area contributed by atoms with Crippen molar-refractivity contribution in [2.24, 2.45) is 0 Å². The van der Waals surface area contributed by atoms with Gasteiger partial charge >= 0.3 is 0 Å². The second-order valence-corrected chi connectivity index (χ2v) is 11.6. The second-order valence-electron chi connectivity index (χ2n) is 9.61. The van der Waals surface area contributed by atoms with Crippen LogP contribution in [-0.4, -0.2) is 51.4 Å². The minimum atomic E-state index is -3.23. The molecular weight excluding hydrogens is 459 g/mol. The fourth-order valence-electron chi connectivity index (χ4n) is 4.99. The van der Waals surface area contributed by atoms with Gasteiger partial charge in [0.05, 0.1) is 12.0 Å². The number of nitrogens with one attached hydrogen (secondary N) is 1. The van der Waals surface area contributed by atoms with E-state index in [2.05, 4.69) is 10.2 Å². The van der Waals surface area contributed by atoms with Gasteiger partial charge in [-0.15, -0.1) is 0 Å². The van der Waals surface area contributed by atoms with Crippen LogP contribution in [0.1, 0.15) is 39.5 Å². The fourth-order valence-corrected chi connectivity index (χ4v) is 5.62. The molecule has 0 aliphatic carbocycles. The van der Waals surface area contributed by atoms with E-state index >= 15 is 0 Å². The highest BCUT2D eigenvalue weighted by atomic mass is 32.2. The Kier molecular flexibility index (Phi) is 6.50. The lowest BCUT2D eigenvalue weighted by atomic mass is 9.95. The van der Waals surface area contributed by atoms with Crippen molar-refractivity contribution in [2.45, 2.75) is 68.2 Å². The van der Waals surface area contributed by atoms with Crippen molar-refractivity contribution in [2.75, 3.05) is 18.3 Å². The van der Waals surface area contributed by atoms with Crippen LogP contribution in [-0.2, 0) is 14.6 Å². The minimum Gasteiger partial charge on any atom is -0.493 e. The first kappa shape index (κ1) is 24.3. The van der Waals surface area contributed by atoms with Crippen molar-refractivity contribution in [1.29, 1.82) is 0 Å². The molecule has 1 amide bonds. The molecule has 4 rings (SSSR count). The molecule has 2 saturated heterocycles. The maximum atomic E-state index is 13.5. The van der Waals surface area contributed by atoms with Crippen LogP contribution >= 0.6 is 0 Å². The van der Waals surface area contributed by atoms with Crippen molar-refractivity contribution in [3.63, 3.8) is 0 Å². The second kappa shape index (κ2) is 9.09. The molecule has 1 N–H and O–H groups in total. The maximum absolute atomic E-state index is 13.5. The molecule has 34 heavy (non-hydrogen) atoms. The monoisotopic (exact) mass is 490 g/mol. The summed E-state index contributed by atoms with van der Waals surface area (Å²) in [5.41, 5.74) is -0.167. The summed E-state index contributed by atoms with van der Waals surface area (Å²) in [5, 5.41) is 3.15. The van der Waals surface area contributed by atoms with E-state index in [9.17, 15) is 17.6 Å². The zero-order valence-electron chi connectivity index (χ0n) is 19.9. The van der Waals surface area contributed by atoms with Crippen LogP contribution in [0, 0.1) is 5.82 Å². The first-order valence-electron chi connectivity index (χ1n) is 11.4. The minimum absolute atomic E-state index is 0.00883. The van der Waals surface area contributed by atoms with Gasteiger partial charge in [0.25, 0.3) is 5.91 Å². The summed E-state index contributed by atoms with van der Waals surface area (Å²) < 4.78 is 48.1. The molecule has 1 unspecified atom stereocenters. The highest BCUT2D eigenvalue weighted by molar-refractivity contribution is 7.90. The van der Waals surface area contributed by atoms with Gasteiger partial charge in [-0.25, -0.2) is 12.8 Å². The lowest BCUT2D eigenvalue weighted by molar-refractivity contribution is -0.135. The number of hydrogen-bond donors (Lipinski definition) is 1. The van der Waals surface area contributed by atoms with Gasteiger partial charge in [0.15, 0.2) is 26.9 Å². The topological polar surface area (TPSA) is 84.9 Å². The van der Waals surface area contributed by atoms with E-state index in [0.717, 1.165) is 31.4 Å².